The number of aryl methyl sites for hydroxylation is 1. The van der Waals surface area contributed by atoms with Crippen LogP contribution < -0.4 is 5.73 Å². The van der Waals surface area contributed by atoms with Crippen molar-refractivity contribution in [1.29, 1.82) is 5.41 Å². The van der Waals surface area contributed by atoms with Crippen LogP contribution in [0.15, 0.2) is 34.3 Å². The molecule has 2 aromatic rings. The fourth-order valence-electron chi connectivity index (χ4n) is 1.12. The van der Waals surface area contributed by atoms with Crippen LogP contribution in [-0.4, -0.2) is 26.0 Å². The van der Waals surface area contributed by atoms with E-state index in [0.717, 1.165) is 10.1 Å². The number of amidine groups is 1. The molecule has 0 aliphatic carbocycles. The highest BCUT2D eigenvalue weighted by Crippen LogP contribution is 2.24. The second-order valence-corrected chi connectivity index (χ2v) is 4.17. The van der Waals surface area contributed by atoms with Gasteiger partial charge in [-0.15, -0.1) is 5.10 Å². The summed E-state index contributed by atoms with van der Waals surface area (Å²) >= 11 is 1.46. The Kier molecular flexibility index (Phi) is 2.86. The van der Waals surface area contributed by atoms with Gasteiger partial charge in [-0.25, -0.2) is 4.68 Å². The minimum atomic E-state index is 0.0666. The molecular weight excluding hydrogens is 224 g/mol. The Morgan fingerprint density at radius 3 is 2.56 bits per heavy atom. The van der Waals surface area contributed by atoms with Crippen molar-refractivity contribution in [3.63, 3.8) is 0 Å². The Balaban J connectivity index is 2.17. The highest BCUT2D eigenvalue weighted by atomic mass is 32.2. The van der Waals surface area contributed by atoms with E-state index in [1.165, 1.54) is 11.8 Å². The highest BCUT2D eigenvalue weighted by Gasteiger charge is 2.04. The fraction of sp³-hybridized carbons (Fsp3) is 0.111. The predicted octanol–water partition coefficient (Wildman–Crippen LogP) is 0.645. The molecule has 1 aromatic carbocycles. The third-order valence-electron chi connectivity index (χ3n) is 1.96. The summed E-state index contributed by atoms with van der Waals surface area (Å²) in [6.07, 6.45) is 0. The largest absolute Gasteiger partial charge is 0.384 e. The average Bonchev–Trinajstić information content (AvgIpc) is 2.65. The number of nitrogens with zero attached hydrogens (tertiary/aromatic N) is 4. The van der Waals surface area contributed by atoms with Crippen molar-refractivity contribution in [3.05, 3.63) is 29.8 Å². The quantitative estimate of drug-likeness (QED) is 0.600. The van der Waals surface area contributed by atoms with Gasteiger partial charge in [0.15, 0.2) is 0 Å². The summed E-state index contributed by atoms with van der Waals surface area (Å²) in [6, 6.07) is 7.37. The summed E-state index contributed by atoms with van der Waals surface area (Å²) in [5.41, 5.74) is 6.07. The highest BCUT2D eigenvalue weighted by molar-refractivity contribution is 7.99. The average molecular weight is 234 g/mol. The summed E-state index contributed by atoms with van der Waals surface area (Å²) in [5, 5.41) is 19.1. The van der Waals surface area contributed by atoms with Gasteiger partial charge in [0.2, 0.25) is 5.16 Å². The standard InChI is InChI=1S/C9H10N6S/c1-15-9(12-13-14-15)16-7-4-2-6(3-5-7)8(10)11/h2-5H,1H3,(H3,10,11). The Morgan fingerprint density at radius 2 is 2.06 bits per heavy atom. The van der Waals surface area contributed by atoms with Crippen molar-refractivity contribution in [2.24, 2.45) is 12.8 Å². The van der Waals surface area contributed by atoms with Crippen LogP contribution in [0.1, 0.15) is 5.56 Å². The lowest BCUT2D eigenvalue weighted by Gasteiger charge is -2.01. The minimum absolute atomic E-state index is 0.0666. The maximum Gasteiger partial charge on any atom is 0.213 e. The molecule has 0 radical (unpaired) electrons. The summed E-state index contributed by atoms with van der Waals surface area (Å²) < 4.78 is 1.60. The lowest BCUT2D eigenvalue weighted by Crippen LogP contribution is -2.10. The van der Waals surface area contributed by atoms with Gasteiger partial charge in [0, 0.05) is 17.5 Å². The van der Waals surface area contributed by atoms with Crippen LogP contribution in [0.2, 0.25) is 0 Å². The van der Waals surface area contributed by atoms with E-state index in [9.17, 15) is 0 Å². The number of aromatic nitrogens is 4. The zero-order valence-corrected chi connectivity index (χ0v) is 9.40. The molecule has 7 heteroatoms. The van der Waals surface area contributed by atoms with Crippen LogP contribution in [-0.2, 0) is 7.05 Å². The van der Waals surface area contributed by atoms with Crippen LogP contribution in [0, 0.1) is 5.41 Å². The van der Waals surface area contributed by atoms with Crippen molar-refractivity contribution in [2.45, 2.75) is 10.1 Å². The molecule has 0 fully saturated rings. The first kappa shape index (κ1) is 10.6. The number of nitrogens with two attached hydrogens (primary N) is 1. The smallest absolute Gasteiger partial charge is 0.213 e. The van der Waals surface area contributed by atoms with Gasteiger partial charge in [-0.05, 0) is 34.3 Å². The van der Waals surface area contributed by atoms with E-state index < -0.39 is 0 Å². The molecule has 0 aliphatic rings. The van der Waals surface area contributed by atoms with Crippen molar-refractivity contribution in [1.82, 2.24) is 20.2 Å². The summed E-state index contributed by atoms with van der Waals surface area (Å²) in [4.78, 5) is 1.00. The van der Waals surface area contributed by atoms with Gasteiger partial charge in [-0.1, -0.05) is 12.1 Å². The molecule has 6 nitrogen and oxygen atoms in total. The van der Waals surface area contributed by atoms with Crippen LogP contribution in [0.3, 0.4) is 0 Å². The maximum absolute atomic E-state index is 7.27. The molecule has 0 saturated carbocycles. The van der Waals surface area contributed by atoms with E-state index >= 15 is 0 Å². The molecule has 0 atom stereocenters. The molecular formula is C9H10N6S. The molecule has 3 N–H and O–H groups in total. The Labute approximate surface area is 96.4 Å². The summed E-state index contributed by atoms with van der Waals surface area (Å²) in [6.45, 7) is 0. The van der Waals surface area contributed by atoms with E-state index in [2.05, 4.69) is 15.5 Å². The second-order valence-electron chi connectivity index (χ2n) is 3.13. The van der Waals surface area contributed by atoms with Crippen molar-refractivity contribution in [3.8, 4) is 0 Å². The molecule has 0 saturated heterocycles. The van der Waals surface area contributed by atoms with Gasteiger partial charge < -0.3 is 5.73 Å². The Bertz CT molecular complexity index is 503. The lowest BCUT2D eigenvalue weighted by molar-refractivity contribution is 0.664. The van der Waals surface area contributed by atoms with Gasteiger partial charge in [0.1, 0.15) is 5.84 Å². The Morgan fingerprint density at radius 1 is 1.38 bits per heavy atom. The SMILES string of the molecule is Cn1nnnc1Sc1ccc(C(=N)N)cc1. The number of tetrazole rings is 1. The first-order valence-corrected chi connectivity index (χ1v) is 5.33. The molecule has 0 unspecified atom stereocenters. The van der Waals surface area contributed by atoms with E-state index in [1.54, 1.807) is 23.9 Å². The number of hydrogen-bond donors (Lipinski definition) is 2. The zero-order chi connectivity index (χ0) is 11.5. The van der Waals surface area contributed by atoms with Gasteiger partial charge in [-0.2, -0.15) is 0 Å². The van der Waals surface area contributed by atoms with Gasteiger partial charge in [0.05, 0.1) is 0 Å². The Hall–Kier alpha value is -1.89. The first-order valence-electron chi connectivity index (χ1n) is 4.51. The molecule has 0 aliphatic heterocycles. The summed E-state index contributed by atoms with van der Waals surface area (Å²) in [7, 11) is 1.78. The lowest BCUT2D eigenvalue weighted by atomic mass is 10.2. The maximum atomic E-state index is 7.27. The zero-order valence-electron chi connectivity index (χ0n) is 8.58. The van der Waals surface area contributed by atoms with E-state index in [-0.39, 0.29) is 5.84 Å². The number of nitrogens with one attached hydrogen (secondary N) is 1. The third-order valence-corrected chi connectivity index (χ3v) is 2.99. The van der Waals surface area contributed by atoms with Gasteiger partial charge in [-0.3, -0.25) is 5.41 Å². The minimum Gasteiger partial charge on any atom is -0.384 e. The third kappa shape index (κ3) is 2.19. The molecule has 0 bridgehead atoms. The van der Waals surface area contributed by atoms with Crippen molar-refractivity contribution < 1.29 is 0 Å². The fourth-order valence-corrected chi connectivity index (χ4v) is 1.84. The number of rotatable bonds is 3. The number of nitrogen functional groups attached to an aromatic ring is 1. The molecule has 0 amide bonds. The number of benzene rings is 1. The van der Waals surface area contributed by atoms with Crippen LogP contribution >= 0.6 is 11.8 Å². The molecule has 1 aromatic heterocycles. The van der Waals surface area contributed by atoms with Crippen LogP contribution in [0.25, 0.3) is 0 Å². The van der Waals surface area contributed by atoms with Crippen LogP contribution in [0.4, 0.5) is 0 Å². The van der Waals surface area contributed by atoms with Crippen molar-refractivity contribution >= 4 is 17.6 Å². The molecule has 2 rings (SSSR count). The van der Waals surface area contributed by atoms with E-state index in [1.807, 2.05) is 12.1 Å². The number of hydrogen-bond acceptors (Lipinski definition) is 5. The van der Waals surface area contributed by atoms with Gasteiger partial charge >= 0.3 is 0 Å². The molecule has 1 heterocycles. The molecule has 0 spiro atoms. The van der Waals surface area contributed by atoms with E-state index in [4.69, 9.17) is 11.1 Å². The van der Waals surface area contributed by atoms with E-state index in [0.29, 0.717) is 5.56 Å². The topological polar surface area (TPSA) is 93.5 Å². The van der Waals surface area contributed by atoms with Crippen LogP contribution in [0.5, 0.6) is 0 Å². The van der Waals surface area contributed by atoms with Crippen molar-refractivity contribution in [2.75, 3.05) is 0 Å². The molecule has 16 heavy (non-hydrogen) atoms. The monoisotopic (exact) mass is 234 g/mol. The normalized spacial score (nSPS) is 10.3. The first-order chi connectivity index (χ1) is 7.66. The molecule has 82 valence electrons. The summed E-state index contributed by atoms with van der Waals surface area (Å²) in [5.74, 6) is 0.0666. The second kappa shape index (κ2) is 4.31. The predicted molar refractivity (Wildman–Crippen MR) is 60.4 cm³/mol. The van der Waals surface area contributed by atoms with Gasteiger partial charge in [0.25, 0.3) is 0 Å².